The highest BCUT2D eigenvalue weighted by atomic mass is 16.2. The predicted octanol–water partition coefficient (Wildman–Crippen LogP) is 5.88. The smallest absolute Gasteiger partial charge is 0.160 e. The van der Waals surface area contributed by atoms with Crippen molar-refractivity contribution in [2.24, 2.45) is 28.1 Å². The summed E-state index contributed by atoms with van der Waals surface area (Å²) in [5.41, 5.74) is -0.612. The molecule has 28 heavy (non-hydrogen) atoms. The number of hydrogen-bond donors (Lipinski definition) is 0. The second kappa shape index (κ2) is 7.72. The highest BCUT2D eigenvalue weighted by Crippen LogP contribution is 2.56. The third kappa shape index (κ3) is 3.69. The predicted molar refractivity (Wildman–Crippen MR) is 114 cm³/mol. The third-order valence-corrected chi connectivity index (χ3v) is 6.77. The van der Waals surface area contributed by atoms with Gasteiger partial charge in [0.05, 0.1) is 16.2 Å². The number of ketones is 3. The molecule has 2 aliphatic rings. The lowest BCUT2D eigenvalue weighted by molar-refractivity contribution is -0.171. The van der Waals surface area contributed by atoms with Gasteiger partial charge in [0, 0.05) is 0 Å². The Balaban J connectivity index is 2.50. The number of carbonyl (C=O) groups is 3. The quantitative estimate of drug-likeness (QED) is 0.438. The van der Waals surface area contributed by atoms with Gasteiger partial charge in [-0.3, -0.25) is 14.4 Å². The van der Waals surface area contributed by atoms with E-state index in [-0.39, 0.29) is 23.3 Å². The minimum absolute atomic E-state index is 0.0224. The van der Waals surface area contributed by atoms with Crippen molar-refractivity contribution in [2.75, 3.05) is 0 Å². The van der Waals surface area contributed by atoms with Crippen LogP contribution < -0.4 is 0 Å². The molecule has 3 heteroatoms. The molecule has 0 amide bonds. The zero-order valence-electron chi connectivity index (χ0n) is 19.1. The van der Waals surface area contributed by atoms with Gasteiger partial charge in [-0.15, -0.1) is 0 Å². The number of carbonyl (C=O) groups excluding carboxylic acids is 3. The van der Waals surface area contributed by atoms with Crippen LogP contribution in [0.4, 0.5) is 0 Å². The molecular formula is C25H38O3. The van der Waals surface area contributed by atoms with Crippen molar-refractivity contribution in [3.05, 3.63) is 23.3 Å². The minimum Gasteiger partial charge on any atom is -0.298 e. The zero-order valence-corrected chi connectivity index (χ0v) is 19.1. The van der Waals surface area contributed by atoms with Gasteiger partial charge in [-0.1, -0.05) is 37.1 Å². The number of rotatable bonds is 5. The third-order valence-electron chi connectivity index (χ3n) is 6.77. The number of allylic oxidation sites excluding steroid dienone is 4. The highest BCUT2D eigenvalue weighted by molar-refractivity contribution is 6.30. The summed E-state index contributed by atoms with van der Waals surface area (Å²) >= 11 is 0. The van der Waals surface area contributed by atoms with Crippen LogP contribution in [0.5, 0.6) is 0 Å². The van der Waals surface area contributed by atoms with Gasteiger partial charge in [-0.2, -0.15) is 0 Å². The lowest BCUT2D eigenvalue weighted by atomic mass is 9.46. The van der Waals surface area contributed by atoms with E-state index >= 15 is 0 Å². The standard InChI is InChI=1S/C25H38O3/c1-16(2)10-9-11-18-12-13-25(19(15-18)14-17(3)4)21(27)23(5,6)20(26)24(7,8)22(25)28/h10,12,17,19H,9,11,13-15H2,1-8H3/t19-/m1/s1. The summed E-state index contributed by atoms with van der Waals surface area (Å²) in [5, 5.41) is 0. The summed E-state index contributed by atoms with van der Waals surface area (Å²) in [6.07, 6.45) is 8.41. The van der Waals surface area contributed by atoms with Gasteiger partial charge in [-0.05, 0) is 85.5 Å². The van der Waals surface area contributed by atoms with Crippen molar-refractivity contribution in [1.29, 1.82) is 0 Å². The lowest BCUT2D eigenvalue weighted by Crippen LogP contribution is -2.66. The van der Waals surface area contributed by atoms with E-state index in [1.54, 1.807) is 27.7 Å². The van der Waals surface area contributed by atoms with Gasteiger partial charge in [0.2, 0.25) is 0 Å². The molecule has 3 nitrogen and oxygen atoms in total. The van der Waals surface area contributed by atoms with Crippen molar-refractivity contribution in [1.82, 2.24) is 0 Å². The summed E-state index contributed by atoms with van der Waals surface area (Å²) < 4.78 is 0. The Hall–Kier alpha value is -1.51. The summed E-state index contributed by atoms with van der Waals surface area (Å²) in [6, 6.07) is 0. The first-order chi connectivity index (χ1) is 12.8. The van der Waals surface area contributed by atoms with Crippen molar-refractivity contribution in [3.8, 4) is 0 Å². The Kier molecular flexibility index (Phi) is 6.28. The molecular weight excluding hydrogens is 348 g/mol. The molecule has 0 N–H and O–H groups in total. The Morgan fingerprint density at radius 2 is 1.57 bits per heavy atom. The fraction of sp³-hybridized carbons (Fsp3) is 0.720. The first-order valence-electron chi connectivity index (χ1n) is 10.7. The van der Waals surface area contributed by atoms with Gasteiger partial charge < -0.3 is 0 Å². The summed E-state index contributed by atoms with van der Waals surface area (Å²) in [5.74, 6) is -0.171. The summed E-state index contributed by atoms with van der Waals surface area (Å²) in [7, 11) is 0. The molecule has 1 saturated carbocycles. The van der Waals surface area contributed by atoms with E-state index in [1.165, 1.54) is 11.1 Å². The van der Waals surface area contributed by atoms with Crippen molar-refractivity contribution < 1.29 is 14.4 Å². The molecule has 156 valence electrons. The average Bonchev–Trinajstić information content (AvgIpc) is 2.58. The van der Waals surface area contributed by atoms with Crippen LogP contribution in [-0.4, -0.2) is 17.3 Å². The van der Waals surface area contributed by atoms with E-state index in [2.05, 4.69) is 39.8 Å². The summed E-state index contributed by atoms with van der Waals surface area (Å²) in [4.78, 5) is 40.3. The fourth-order valence-corrected chi connectivity index (χ4v) is 5.41. The van der Waals surface area contributed by atoms with E-state index in [0.29, 0.717) is 12.3 Å². The van der Waals surface area contributed by atoms with E-state index in [0.717, 1.165) is 25.7 Å². The molecule has 2 aliphatic carbocycles. The SMILES string of the molecule is CC(C)=CCCC1=CCC2(C(=O)C(C)(C)C(=O)C(C)(C)C2=O)[C@H](CC(C)C)C1. The lowest BCUT2D eigenvalue weighted by Gasteiger charge is -2.52. The maximum atomic E-state index is 13.7. The first kappa shape index (κ1) is 22.8. The Morgan fingerprint density at radius 1 is 1.04 bits per heavy atom. The second-order valence-corrected chi connectivity index (χ2v) is 10.6. The van der Waals surface area contributed by atoms with E-state index in [9.17, 15) is 14.4 Å². The van der Waals surface area contributed by atoms with Gasteiger partial charge >= 0.3 is 0 Å². The van der Waals surface area contributed by atoms with E-state index < -0.39 is 16.2 Å². The van der Waals surface area contributed by atoms with E-state index in [1.807, 2.05) is 0 Å². The molecule has 0 unspecified atom stereocenters. The number of hydrogen-bond acceptors (Lipinski definition) is 3. The highest BCUT2D eigenvalue weighted by Gasteiger charge is 2.67. The average molecular weight is 387 g/mol. The summed E-state index contributed by atoms with van der Waals surface area (Å²) in [6.45, 7) is 15.4. The van der Waals surface area contributed by atoms with Crippen LogP contribution in [0, 0.1) is 28.1 Å². The normalized spacial score (nSPS) is 25.8. The molecule has 1 fully saturated rings. The van der Waals surface area contributed by atoms with Gasteiger partial charge in [-0.25, -0.2) is 0 Å². The molecule has 0 radical (unpaired) electrons. The van der Waals surface area contributed by atoms with Crippen molar-refractivity contribution >= 4 is 17.3 Å². The molecule has 0 aromatic rings. The van der Waals surface area contributed by atoms with Crippen molar-refractivity contribution in [2.45, 2.75) is 87.5 Å². The minimum atomic E-state index is -1.11. The molecule has 0 bridgehead atoms. The molecule has 0 aliphatic heterocycles. The topological polar surface area (TPSA) is 51.2 Å². The monoisotopic (exact) mass is 386 g/mol. The van der Waals surface area contributed by atoms with Crippen LogP contribution >= 0.6 is 0 Å². The Morgan fingerprint density at radius 3 is 2.04 bits per heavy atom. The molecule has 0 saturated heterocycles. The Labute approximate surface area is 171 Å². The van der Waals surface area contributed by atoms with Crippen LogP contribution in [0.1, 0.15) is 87.5 Å². The van der Waals surface area contributed by atoms with Crippen LogP contribution in [0.25, 0.3) is 0 Å². The van der Waals surface area contributed by atoms with Gasteiger partial charge in [0.1, 0.15) is 0 Å². The molecule has 2 rings (SSSR count). The molecule has 1 spiro atoms. The zero-order chi connectivity index (χ0) is 21.5. The van der Waals surface area contributed by atoms with Crippen LogP contribution in [0.15, 0.2) is 23.3 Å². The van der Waals surface area contributed by atoms with Crippen LogP contribution in [0.2, 0.25) is 0 Å². The van der Waals surface area contributed by atoms with Crippen LogP contribution in [0.3, 0.4) is 0 Å². The van der Waals surface area contributed by atoms with Gasteiger partial charge in [0.25, 0.3) is 0 Å². The fourth-order valence-electron chi connectivity index (χ4n) is 5.41. The maximum Gasteiger partial charge on any atom is 0.160 e. The van der Waals surface area contributed by atoms with E-state index in [4.69, 9.17) is 0 Å². The Bertz CT molecular complexity index is 697. The molecule has 0 heterocycles. The molecule has 0 aromatic carbocycles. The largest absolute Gasteiger partial charge is 0.298 e. The molecule has 0 aromatic heterocycles. The second-order valence-electron chi connectivity index (χ2n) is 10.6. The van der Waals surface area contributed by atoms with Crippen molar-refractivity contribution in [3.63, 3.8) is 0 Å². The van der Waals surface area contributed by atoms with Gasteiger partial charge in [0.15, 0.2) is 17.3 Å². The maximum absolute atomic E-state index is 13.7. The van der Waals surface area contributed by atoms with Crippen LogP contribution in [-0.2, 0) is 14.4 Å². The molecule has 1 atom stereocenters. The number of Topliss-reactive ketones (excluding diaryl/α,β-unsaturated/α-hetero) is 3. The first-order valence-corrected chi connectivity index (χ1v) is 10.7.